The molecule has 1 aromatic rings. The number of rotatable bonds is 7. The summed E-state index contributed by atoms with van der Waals surface area (Å²) >= 11 is 0. The quantitative estimate of drug-likeness (QED) is 0.489. The van der Waals surface area contributed by atoms with Gasteiger partial charge >= 0.3 is 0 Å². The Hall–Kier alpha value is -1.91. The predicted molar refractivity (Wildman–Crippen MR) is 89.7 cm³/mol. The summed E-state index contributed by atoms with van der Waals surface area (Å²) in [4.78, 5) is 11.4. The first-order valence-electron chi connectivity index (χ1n) is 8.13. The Morgan fingerprint density at radius 2 is 1.88 bits per heavy atom. The number of ether oxygens (including phenoxy) is 4. The van der Waals surface area contributed by atoms with Crippen LogP contribution < -0.4 is 14.8 Å². The van der Waals surface area contributed by atoms with Crippen LogP contribution in [0.5, 0.6) is 11.5 Å². The Labute approximate surface area is 151 Å². The minimum Gasteiger partial charge on any atom is -0.493 e. The molecule has 1 heterocycles. The van der Waals surface area contributed by atoms with Crippen LogP contribution in [0.4, 0.5) is 0 Å². The molecule has 1 aliphatic heterocycles. The van der Waals surface area contributed by atoms with Gasteiger partial charge in [0.1, 0.15) is 24.4 Å². The summed E-state index contributed by atoms with van der Waals surface area (Å²) in [5.74, 6) is 0.687. The lowest BCUT2D eigenvalue weighted by Crippen LogP contribution is -2.64. The van der Waals surface area contributed by atoms with Gasteiger partial charge in [-0.25, -0.2) is 0 Å². The normalized spacial score (nSPS) is 28.5. The molecule has 0 saturated carbocycles. The van der Waals surface area contributed by atoms with E-state index in [2.05, 4.69) is 5.32 Å². The third kappa shape index (κ3) is 4.63. The second kappa shape index (κ2) is 9.15. The number of methoxy groups -OCH3 is 2. The summed E-state index contributed by atoms with van der Waals surface area (Å²) in [5, 5.41) is 32.0. The number of amides is 1. The van der Waals surface area contributed by atoms with E-state index in [-0.39, 0.29) is 6.61 Å². The summed E-state index contributed by atoms with van der Waals surface area (Å²) in [6.07, 6.45) is -4.77. The molecule has 2 rings (SSSR count). The molecule has 1 aliphatic rings. The van der Waals surface area contributed by atoms with Crippen molar-refractivity contribution >= 4 is 5.91 Å². The zero-order chi connectivity index (χ0) is 19.3. The van der Waals surface area contributed by atoms with Crippen molar-refractivity contribution < 1.29 is 39.1 Å². The highest BCUT2D eigenvalue weighted by molar-refractivity contribution is 5.73. The average Bonchev–Trinajstić information content (AvgIpc) is 2.64. The Kier molecular flexibility index (Phi) is 7.18. The van der Waals surface area contributed by atoms with Crippen molar-refractivity contribution in [2.75, 3.05) is 20.8 Å². The van der Waals surface area contributed by atoms with Gasteiger partial charge in [-0.3, -0.25) is 4.79 Å². The van der Waals surface area contributed by atoms with Crippen molar-refractivity contribution in [1.82, 2.24) is 5.32 Å². The molecule has 1 fully saturated rings. The van der Waals surface area contributed by atoms with Crippen molar-refractivity contribution in [2.24, 2.45) is 0 Å². The Morgan fingerprint density at radius 3 is 2.46 bits per heavy atom. The largest absolute Gasteiger partial charge is 0.493 e. The number of carbonyl (C=O) groups excluding carboxylic acids is 1. The van der Waals surface area contributed by atoms with Crippen LogP contribution >= 0.6 is 0 Å². The summed E-state index contributed by atoms with van der Waals surface area (Å²) < 4.78 is 21.6. The van der Waals surface area contributed by atoms with Crippen LogP contribution in [-0.2, 0) is 20.9 Å². The van der Waals surface area contributed by atoms with Crippen LogP contribution in [-0.4, -0.2) is 72.7 Å². The van der Waals surface area contributed by atoms with E-state index in [0.29, 0.717) is 11.5 Å². The summed E-state index contributed by atoms with van der Waals surface area (Å²) in [7, 11) is 3.05. The van der Waals surface area contributed by atoms with Crippen LogP contribution in [0.15, 0.2) is 18.2 Å². The predicted octanol–water partition coefficient (Wildman–Crippen LogP) is -0.836. The van der Waals surface area contributed by atoms with E-state index < -0.39 is 43.2 Å². The lowest BCUT2D eigenvalue weighted by atomic mass is 9.97. The Morgan fingerprint density at radius 1 is 1.19 bits per heavy atom. The number of benzene rings is 1. The SMILES string of the molecule is COc1ccc(CO[C@@H]2O[C@H](CO)[C@H](O)[C@H](O)[C@H]2NC(C)=O)cc1OC. The van der Waals surface area contributed by atoms with Gasteiger partial charge in [0.2, 0.25) is 5.91 Å². The molecule has 9 nitrogen and oxygen atoms in total. The van der Waals surface area contributed by atoms with Gasteiger partial charge < -0.3 is 39.6 Å². The van der Waals surface area contributed by atoms with Crippen LogP contribution in [0.1, 0.15) is 12.5 Å². The summed E-state index contributed by atoms with van der Waals surface area (Å²) in [6, 6.07) is 4.24. The average molecular weight is 371 g/mol. The number of aliphatic hydroxyl groups excluding tert-OH is 3. The Balaban J connectivity index is 2.12. The highest BCUT2D eigenvalue weighted by Gasteiger charge is 2.45. The molecule has 0 bridgehead atoms. The number of nitrogens with one attached hydrogen (secondary N) is 1. The highest BCUT2D eigenvalue weighted by atomic mass is 16.7. The minimum atomic E-state index is -1.35. The molecule has 0 radical (unpaired) electrons. The smallest absolute Gasteiger partial charge is 0.217 e. The van der Waals surface area contributed by atoms with E-state index in [1.54, 1.807) is 18.2 Å². The maximum atomic E-state index is 11.4. The first-order valence-corrected chi connectivity index (χ1v) is 8.13. The molecule has 0 unspecified atom stereocenters. The van der Waals surface area contributed by atoms with Gasteiger partial charge in [0.15, 0.2) is 17.8 Å². The molecule has 1 saturated heterocycles. The maximum Gasteiger partial charge on any atom is 0.217 e. The molecule has 9 heteroatoms. The molecule has 0 aromatic heterocycles. The molecule has 4 N–H and O–H groups in total. The van der Waals surface area contributed by atoms with E-state index in [9.17, 15) is 20.1 Å². The van der Waals surface area contributed by atoms with Crippen LogP contribution in [0, 0.1) is 0 Å². The molecule has 0 aliphatic carbocycles. The van der Waals surface area contributed by atoms with Crippen LogP contribution in [0.2, 0.25) is 0 Å². The van der Waals surface area contributed by atoms with Crippen LogP contribution in [0.25, 0.3) is 0 Å². The molecule has 5 atom stereocenters. The molecule has 146 valence electrons. The topological polar surface area (TPSA) is 127 Å². The van der Waals surface area contributed by atoms with Gasteiger partial charge in [-0.05, 0) is 17.7 Å². The monoisotopic (exact) mass is 371 g/mol. The lowest BCUT2D eigenvalue weighted by Gasteiger charge is -2.42. The second-order valence-corrected chi connectivity index (χ2v) is 5.93. The van der Waals surface area contributed by atoms with Gasteiger partial charge in [0.05, 0.1) is 27.4 Å². The molecule has 26 heavy (non-hydrogen) atoms. The first kappa shape index (κ1) is 20.4. The second-order valence-electron chi connectivity index (χ2n) is 5.93. The lowest BCUT2D eigenvalue weighted by molar-refractivity contribution is -0.273. The molecule has 1 aromatic carbocycles. The van der Waals surface area contributed by atoms with Crippen molar-refractivity contribution in [1.29, 1.82) is 0 Å². The summed E-state index contributed by atoms with van der Waals surface area (Å²) in [5.41, 5.74) is 0.744. The van der Waals surface area contributed by atoms with E-state index >= 15 is 0 Å². The van der Waals surface area contributed by atoms with Crippen molar-refractivity contribution in [3.8, 4) is 11.5 Å². The van der Waals surface area contributed by atoms with Crippen LogP contribution in [0.3, 0.4) is 0 Å². The number of carbonyl (C=O) groups is 1. The van der Waals surface area contributed by atoms with E-state index in [0.717, 1.165) is 5.56 Å². The maximum absolute atomic E-state index is 11.4. The van der Waals surface area contributed by atoms with Gasteiger partial charge in [-0.2, -0.15) is 0 Å². The Bertz CT molecular complexity index is 610. The van der Waals surface area contributed by atoms with E-state index in [1.807, 2.05) is 0 Å². The van der Waals surface area contributed by atoms with Crippen molar-refractivity contribution in [2.45, 2.75) is 44.2 Å². The number of hydrogen-bond acceptors (Lipinski definition) is 8. The van der Waals surface area contributed by atoms with E-state index in [4.69, 9.17) is 18.9 Å². The zero-order valence-electron chi connectivity index (χ0n) is 14.9. The minimum absolute atomic E-state index is 0.0854. The van der Waals surface area contributed by atoms with Crippen molar-refractivity contribution in [3.05, 3.63) is 23.8 Å². The van der Waals surface area contributed by atoms with Gasteiger partial charge in [0, 0.05) is 6.92 Å². The fourth-order valence-corrected chi connectivity index (χ4v) is 2.76. The van der Waals surface area contributed by atoms with Gasteiger partial charge in [-0.15, -0.1) is 0 Å². The number of aliphatic hydroxyl groups is 3. The van der Waals surface area contributed by atoms with Gasteiger partial charge in [0.25, 0.3) is 0 Å². The summed E-state index contributed by atoms with van der Waals surface area (Å²) in [6.45, 7) is 0.867. The van der Waals surface area contributed by atoms with E-state index in [1.165, 1.54) is 21.1 Å². The molecule has 0 spiro atoms. The van der Waals surface area contributed by atoms with Crippen molar-refractivity contribution in [3.63, 3.8) is 0 Å². The third-order valence-electron chi connectivity index (χ3n) is 4.11. The highest BCUT2D eigenvalue weighted by Crippen LogP contribution is 2.29. The number of hydrogen-bond donors (Lipinski definition) is 4. The standard InChI is InChI=1S/C17H25NO8/c1-9(20)18-14-16(22)15(21)13(7-19)26-17(14)25-8-10-4-5-11(23-2)12(6-10)24-3/h4-6,13-17,19,21-22H,7-8H2,1-3H3,(H,18,20)/t13-,14-,15+,16-,17-/m1/s1. The molecule has 1 amide bonds. The molecular formula is C17H25NO8. The third-order valence-corrected chi connectivity index (χ3v) is 4.11. The first-order chi connectivity index (χ1) is 12.4. The fourth-order valence-electron chi connectivity index (χ4n) is 2.76. The fraction of sp³-hybridized carbons (Fsp3) is 0.588. The van der Waals surface area contributed by atoms with Gasteiger partial charge in [-0.1, -0.05) is 6.07 Å². The molecular weight excluding hydrogens is 346 g/mol. The zero-order valence-corrected chi connectivity index (χ0v) is 14.9.